The van der Waals surface area contributed by atoms with Gasteiger partial charge in [-0.3, -0.25) is 9.32 Å². The second-order valence-electron chi connectivity index (χ2n) is 8.69. The third-order valence-electron chi connectivity index (χ3n) is 5.32. The van der Waals surface area contributed by atoms with E-state index in [-0.39, 0.29) is 12.5 Å². The summed E-state index contributed by atoms with van der Waals surface area (Å²) in [6.45, 7) is 1.63. The zero-order valence-corrected chi connectivity index (χ0v) is 21.9. The summed E-state index contributed by atoms with van der Waals surface area (Å²) in [5, 5.41) is 12.0. The third kappa shape index (κ3) is 26.9. The summed E-state index contributed by atoms with van der Waals surface area (Å²) in [5.41, 5.74) is 0. The van der Waals surface area contributed by atoms with E-state index in [2.05, 4.69) is 40.4 Å². The Hall–Kier alpha value is -1.34. The van der Waals surface area contributed by atoms with E-state index in [1.54, 1.807) is 0 Å². The number of carbonyl (C=O) groups excluding carboxylic acids is 1. The summed E-state index contributed by atoms with van der Waals surface area (Å²) in [6.07, 6.45) is 17.7. The lowest BCUT2D eigenvalue weighted by Crippen LogP contribution is -2.34. The van der Waals surface area contributed by atoms with Crippen molar-refractivity contribution in [2.24, 2.45) is 0 Å². The number of phosphoric acid groups is 1. The first-order valence-corrected chi connectivity index (χ1v) is 14.5. The number of phosphoric ester groups is 1. The van der Waals surface area contributed by atoms with Gasteiger partial charge in [-0.15, -0.1) is 0 Å². The van der Waals surface area contributed by atoms with Gasteiger partial charge < -0.3 is 20.2 Å². The van der Waals surface area contributed by atoms with Gasteiger partial charge >= 0.3 is 7.82 Å². The van der Waals surface area contributed by atoms with Crippen LogP contribution in [0.4, 0.5) is 0 Å². The van der Waals surface area contributed by atoms with Gasteiger partial charge in [0.2, 0.25) is 5.91 Å². The minimum absolute atomic E-state index is 0.0938. The monoisotopic (exact) mass is 499 g/mol. The van der Waals surface area contributed by atoms with Crippen molar-refractivity contribution in [2.75, 3.05) is 13.2 Å². The lowest BCUT2D eigenvalue weighted by Gasteiger charge is -2.12. The molecule has 8 heteroatoms. The van der Waals surface area contributed by atoms with E-state index in [4.69, 9.17) is 9.79 Å². The van der Waals surface area contributed by atoms with E-state index in [0.29, 0.717) is 6.42 Å². The highest BCUT2D eigenvalue weighted by molar-refractivity contribution is 7.46. The second-order valence-corrected chi connectivity index (χ2v) is 9.93. The third-order valence-corrected chi connectivity index (χ3v) is 5.81. The molecule has 1 amide bonds. The second kappa shape index (κ2) is 23.4. The molecule has 4 N–H and O–H groups in total. The zero-order valence-electron chi connectivity index (χ0n) is 21.0. The maximum Gasteiger partial charge on any atom is 0.469 e. The van der Waals surface area contributed by atoms with E-state index in [0.717, 1.165) is 51.4 Å². The van der Waals surface area contributed by atoms with Crippen molar-refractivity contribution in [3.8, 4) is 23.7 Å². The number of aliphatic hydroxyl groups excluding tert-OH is 1. The van der Waals surface area contributed by atoms with Gasteiger partial charge in [0.05, 0.1) is 12.7 Å². The molecule has 0 aromatic carbocycles. The van der Waals surface area contributed by atoms with Gasteiger partial charge in [-0.05, 0) is 31.1 Å². The van der Waals surface area contributed by atoms with Crippen LogP contribution in [-0.2, 0) is 13.9 Å². The summed E-state index contributed by atoms with van der Waals surface area (Å²) >= 11 is 0. The Labute approximate surface area is 207 Å². The highest BCUT2D eigenvalue weighted by Gasteiger charge is 2.17. The van der Waals surface area contributed by atoms with Crippen molar-refractivity contribution < 1.29 is 28.8 Å². The van der Waals surface area contributed by atoms with Crippen LogP contribution in [0.3, 0.4) is 0 Å². The molecular formula is C26H46NO6P. The first kappa shape index (κ1) is 32.7. The molecule has 0 heterocycles. The Morgan fingerprint density at radius 3 is 1.79 bits per heavy atom. The van der Waals surface area contributed by atoms with Crippen molar-refractivity contribution in [2.45, 2.75) is 122 Å². The standard InChI is InChI=1S/C26H46NO6P/c1-2-3-4-5-6-7-8-9-10-11-12-13-14-15-16-17-18-19-20-21-22-26(29)27-23-25(28)24-33-34(30,31)32/h25,28H,2-10,15-24H2,1H3,(H,27,29)(H2,30,31,32). The highest BCUT2D eigenvalue weighted by atomic mass is 31.2. The van der Waals surface area contributed by atoms with Crippen LogP contribution >= 0.6 is 7.82 Å². The first-order valence-electron chi connectivity index (χ1n) is 13.0. The quantitative estimate of drug-likeness (QED) is 0.0976. The topological polar surface area (TPSA) is 116 Å². The normalized spacial score (nSPS) is 11.8. The molecule has 0 bridgehead atoms. The van der Waals surface area contributed by atoms with Gasteiger partial charge in [0, 0.05) is 25.8 Å². The molecule has 0 radical (unpaired) electrons. The summed E-state index contributed by atoms with van der Waals surface area (Å²) < 4.78 is 14.7. The van der Waals surface area contributed by atoms with Crippen LogP contribution in [0, 0.1) is 23.7 Å². The molecule has 0 aliphatic carbocycles. The molecule has 196 valence electrons. The number of unbranched alkanes of at least 4 members (excludes halogenated alkanes) is 14. The Kier molecular flexibility index (Phi) is 22.5. The van der Waals surface area contributed by atoms with E-state index >= 15 is 0 Å². The van der Waals surface area contributed by atoms with Crippen molar-refractivity contribution >= 4 is 13.7 Å². The van der Waals surface area contributed by atoms with Crippen LogP contribution < -0.4 is 5.32 Å². The molecular weight excluding hydrogens is 453 g/mol. The van der Waals surface area contributed by atoms with Crippen molar-refractivity contribution in [3.63, 3.8) is 0 Å². The van der Waals surface area contributed by atoms with Gasteiger partial charge in [0.1, 0.15) is 0 Å². The van der Waals surface area contributed by atoms with Gasteiger partial charge in [0.25, 0.3) is 0 Å². The Balaban J connectivity index is 3.44. The summed E-state index contributed by atoms with van der Waals surface area (Å²) in [5.74, 6) is 12.0. The van der Waals surface area contributed by atoms with Gasteiger partial charge in [-0.1, -0.05) is 89.4 Å². The molecule has 7 nitrogen and oxygen atoms in total. The highest BCUT2D eigenvalue weighted by Crippen LogP contribution is 2.35. The van der Waals surface area contributed by atoms with E-state index in [9.17, 15) is 14.5 Å². The maximum atomic E-state index is 11.7. The first-order chi connectivity index (χ1) is 16.3. The minimum Gasteiger partial charge on any atom is -0.389 e. The molecule has 0 aromatic heterocycles. The van der Waals surface area contributed by atoms with Crippen molar-refractivity contribution in [1.29, 1.82) is 0 Å². The molecule has 0 aliphatic heterocycles. The average molecular weight is 500 g/mol. The number of hydrogen-bond acceptors (Lipinski definition) is 4. The van der Waals surface area contributed by atoms with Gasteiger partial charge in [0.15, 0.2) is 0 Å². The van der Waals surface area contributed by atoms with Gasteiger partial charge in [-0.25, -0.2) is 4.57 Å². The predicted octanol–water partition coefficient (Wildman–Crippen LogP) is 5.23. The molecule has 1 atom stereocenters. The molecule has 0 rings (SSSR count). The molecule has 0 fully saturated rings. The molecule has 0 saturated heterocycles. The van der Waals surface area contributed by atoms with Crippen LogP contribution in [0.5, 0.6) is 0 Å². The fourth-order valence-corrected chi connectivity index (χ4v) is 3.70. The Morgan fingerprint density at radius 2 is 1.29 bits per heavy atom. The SMILES string of the molecule is CCCCCCCCCCC#CC#CCCCCCCCCC(=O)NCC(O)COP(=O)(O)O. The maximum absolute atomic E-state index is 11.7. The summed E-state index contributed by atoms with van der Waals surface area (Å²) in [7, 11) is -4.60. The average Bonchev–Trinajstić information content (AvgIpc) is 2.79. The predicted molar refractivity (Wildman–Crippen MR) is 137 cm³/mol. The number of nitrogens with one attached hydrogen (secondary N) is 1. The zero-order chi connectivity index (χ0) is 25.3. The van der Waals surface area contributed by atoms with Crippen LogP contribution in [0.15, 0.2) is 0 Å². The minimum atomic E-state index is -4.60. The van der Waals surface area contributed by atoms with Crippen LogP contribution in [-0.4, -0.2) is 40.1 Å². The summed E-state index contributed by atoms with van der Waals surface area (Å²) in [6, 6.07) is 0. The van der Waals surface area contributed by atoms with Crippen molar-refractivity contribution in [3.05, 3.63) is 0 Å². The molecule has 34 heavy (non-hydrogen) atoms. The number of amides is 1. The lowest BCUT2D eigenvalue weighted by molar-refractivity contribution is -0.121. The van der Waals surface area contributed by atoms with E-state index in [1.165, 1.54) is 51.4 Å². The number of hydrogen-bond donors (Lipinski definition) is 4. The Bertz CT molecular complexity index is 670. The van der Waals surface area contributed by atoms with Crippen LogP contribution in [0.2, 0.25) is 0 Å². The molecule has 0 spiro atoms. The van der Waals surface area contributed by atoms with E-state index in [1.807, 2.05) is 0 Å². The summed E-state index contributed by atoms with van der Waals surface area (Å²) in [4.78, 5) is 28.8. The molecule has 0 aromatic rings. The fraction of sp³-hybridized carbons (Fsp3) is 0.808. The smallest absolute Gasteiger partial charge is 0.389 e. The number of rotatable bonds is 21. The molecule has 0 saturated carbocycles. The molecule has 0 aliphatic rings. The van der Waals surface area contributed by atoms with Crippen molar-refractivity contribution in [1.82, 2.24) is 5.32 Å². The Morgan fingerprint density at radius 1 is 0.824 bits per heavy atom. The largest absolute Gasteiger partial charge is 0.469 e. The van der Waals surface area contributed by atoms with Crippen LogP contribution in [0.1, 0.15) is 116 Å². The number of aliphatic hydroxyl groups is 1. The van der Waals surface area contributed by atoms with E-state index < -0.39 is 20.5 Å². The fourth-order valence-electron chi connectivity index (χ4n) is 3.33. The number of carbonyl (C=O) groups is 1. The molecule has 1 unspecified atom stereocenters. The lowest BCUT2D eigenvalue weighted by atomic mass is 10.1. The van der Waals surface area contributed by atoms with Gasteiger partial charge in [-0.2, -0.15) is 0 Å². The van der Waals surface area contributed by atoms with Crippen LogP contribution in [0.25, 0.3) is 0 Å².